The maximum Gasteiger partial charge on any atom is 0.416 e. The molecule has 0 atom stereocenters. The van der Waals surface area contributed by atoms with Crippen molar-refractivity contribution in [1.29, 1.82) is 0 Å². The van der Waals surface area contributed by atoms with Gasteiger partial charge in [0.1, 0.15) is 11.6 Å². The van der Waals surface area contributed by atoms with Gasteiger partial charge in [0.15, 0.2) is 5.75 Å². The molecule has 2 amide bonds. The van der Waals surface area contributed by atoms with Crippen LogP contribution in [0.2, 0.25) is 0 Å². The number of nitrogens with one attached hydrogen (secondary N) is 1. The van der Waals surface area contributed by atoms with Crippen LogP contribution in [0.5, 0.6) is 11.5 Å². The summed E-state index contributed by atoms with van der Waals surface area (Å²) in [5.74, 6) is -1.95. The Morgan fingerprint density at radius 1 is 0.853 bits per heavy atom. The third-order valence-corrected chi connectivity index (χ3v) is 5.43. The molecule has 10 heteroatoms. The molecule has 170 valence electrons. The summed E-state index contributed by atoms with van der Waals surface area (Å²) < 4.78 is 47.0. The summed E-state index contributed by atoms with van der Waals surface area (Å²) in [5.41, 5.74) is 3.21. The monoisotopic (exact) mass is 465 g/mol. The summed E-state index contributed by atoms with van der Waals surface area (Å²) in [6.45, 7) is 0. The number of amides is 2. The van der Waals surface area contributed by atoms with E-state index in [1.54, 1.807) is 18.2 Å². The van der Waals surface area contributed by atoms with Crippen LogP contribution in [-0.4, -0.2) is 16.4 Å². The van der Waals surface area contributed by atoms with Crippen molar-refractivity contribution in [2.45, 2.75) is 6.18 Å². The van der Waals surface area contributed by atoms with E-state index in [1.165, 1.54) is 0 Å². The highest BCUT2D eigenvalue weighted by molar-refractivity contribution is 6.23. The minimum Gasteiger partial charge on any atom is -0.455 e. The number of rotatable bonds is 3. The molecule has 0 unspecified atom stereocenters. The van der Waals surface area contributed by atoms with E-state index in [1.807, 2.05) is 29.6 Å². The Morgan fingerprint density at radius 3 is 2.32 bits per heavy atom. The minimum absolute atomic E-state index is 0.109. The zero-order valence-electron chi connectivity index (χ0n) is 17.1. The van der Waals surface area contributed by atoms with Crippen molar-refractivity contribution in [2.24, 2.45) is 0 Å². The van der Waals surface area contributed by atoms with E-state index in [-0.39, 0.29) is 22.6 Å². The molecule has 0 bridgehead atoms. The quantitative estimate of drug-likeness (QED) is 0.440. The topological polar surface area (TPSA) is 103 Å². The molecule has 0 fully saturated rings. The van der Waals surface area contributed by atoms with Crippen LogP contribution in [0.1, 0.15) is 26.3 Å². The lowest BCUT2D eigenvalue weighted by Gasteiger charge is -2.18. The number of anilines is 1. The van der Waals surface area contributed by atoms with Gasteiger partial charge in [-0.2, -0.15) is 13.2 Å². The van der Waals surface area contributed by atoms with Crippen LogP contribution >= 0.6 is 0 Å². The number of carbonyl (C=O) groups excluding carboxylic acids is 2. The molecule has 0 aliphatic carbocycles. The van der Waals surface area contributed by atoms with Crippen LogP contribution in [0, 0.1) is 0 Å². The molecule has 4 aromatic rings. The van der Waals surface area contributed by atoms with Crippen molar-refractivity contribution >= 4 is 28.4 Å². The SMILES string of the molecule is Nc1c2c(cc(=O)n1-c1cc(C(F)(F)F)ccc1Oc1ccc3ccccc3c1)C(=O)NC2=O. The van der Waals surface area contributed by atoms with Gasteiger partial charge in [0.05, 0.1) is 22.4 Å². The number of hydrogen-bond acceptors (Lipinski definition) is 5. The second-order valence-electron chi connectivity index (χ2n) is 7.57. The van der Waals surface area contributed by atoms with E-state index in [4.69, 9.17) is 10.5 Å². The molecule has 0 saturated carbocycles. The fourth-order valence-electron chi connectivity index (χ4n) is 3.84. The van der Waals surface area contributed by atoms with E-state index < -0.39 is 34.9 Å². The normalized spacial score (nSPS) is 13.1. The Bertz CT molecular complexity index is 1570. The molecule has 0 spiro atoms. The van der Waals surface area contributed by atoms with Gasteiger partial charge < -0.3 is 10.5 Å². The highest BCUT2D eigenvalue weighted by atomic mass is 19.4. The van der Waals surface area contributed by atoms with Crippen molar-refractivity contribution in [3.05, 3.63) is 93.8 Å². The van der Waals surface area contributed by atoms with E-state index in [9.17, 15) is 27.6 Å². The first-order chi connectivity index (χ1) is 16.1. The standard InChI is InChI=1S/C24H14F3N3O4/c25-24(26,27)14-6-8-18(34-15-7-5-12-3-1-2-4-13(12)9-15)17(10-14)30-19(31)11-16-20(21(30)28)23(33)29-22(16)32/h1-11H,28H2,(H,29,32,33). The molecule has 0 saturated heterocycles. The first-order valence-corrected chi connectivity index (χ1v) is 9.93. The van der Waals surface area contributed by atoms with E-state index in [2.05, 4.69) is 0 Å². The van der Waals surface area contributed by atoms with Crippen LogP contribution < -0.4 is 21.3 Å². The molecule has 2 heterocycles. The third kappa shape index (κ3) is 3.45. The van der Waals surface area contributed by atoms with Crippen LogP contribution in [0.3, 0.4) is 0 Å². The summed E-state index contributed by atoms with van der Waals surface area (Å²) in [6.07, 6.45) is -4.72. The fourth-order valence-corrected chi connectivity index (χ4v) is 3.84. The van der Waals surface area contributed by atoms with Crippen molar-refractivity contribution in [3.63, 3.8) is 0 Å². The van der Waals surface area contributed by atoms with Crippen LogP contribution in [0.25, 0.3) is 16.5 Å². The number of carbonyl (C=O) groups is 2. The van der Waals surface area contributed by atoms with Gasteiger partial charge in [-0.15, -0.1) is 0 Å². The predicted molar refractivity (Wildman–Crippen MR) is 117 cm³/mol. The average Bonchev–Trinajstić information content (AvgIpc) is 3.07. The molecule has 5 rings (SSSR count). The van der Waals surface area contributed by atoms with E-state index in [0.717, 1.165) is 33.5 Å². The number of fused-ring (bicyclic) bond motifs is 2. The van der Waals surface area contributed by atoms with Gasteiger partial charge in [0.2, 0.25) is 0 Å². The van der Waals surface area contributed by atoms with Gasteiger partial charge in [-0.3, -0.25) is 24.3 Å². The van der Waals surface area contributed by atoms with Gasteiger partial charge >= 0.3 is 6.18 Å². The van der Waals surface area contributed by atoms with Gasteiger partial charge in [0.25, 0.3) is 17.4 Å². The van der Waals surface area contributed by atoms with Gasteiger partial charge in [-0.05, 0) is 41.1 Å². The zero-order valence-corrected chi connectivity index (χ0v) is 17.1. The number of halogens is 3. The zero-order chi connectivity index (χ0) is 24.2. The Labute approximate surface area is 189 Å². The maximum absolute atomic E-state index is 13.5. The number of benzene rings is 3. The highest BCUT2D eigenvalue weighted by Crippen LogP contribution is 2.37. The summed E-state index contributed by atoms with van der Waals surface area (Å²) in [6, 6.07) is 16.0. The molecule has 3 aromatic carbocycles. The van der Waals surface area contributed by atoms with Crippen LogP contribution in [0.15, 0.2) is 71.5 Å². The highest BCUT2D eigenvalue weighted by Gasteiger charge is 2.34. The Balaban J connectivity index is 1.71. The molecule has 1 aliphatic rings. The molecule has 1 aliphatic heterocycles. The molecule has 3 N–H and O–H groups in total. The van der Waals surface area contributed by atoms with Crippen molar-refractivity contribution < 1.29 is 27.5 Å². The third-order valence-electron chi connectivity index (χ3n) is 5.43. The van der Waals surface area contributed by atoms with Crippen molar-refractivity contribution in [1.82, 2.24) is 9.88 Å². The number of nitrogen functional groups attached to an aromatic ring is 1. The van der Waals surface area contributed by atoms with E-state index >= 15 is 0 Å². The van der Waals surface area contributed by atoms with Crippen LogP contribution in [0.4, 0.5) is 19.0 Å². The number of aromatic nitrogens is 1. The minimum atomic E-state index is -4.72. The number of hydrogen-bond donors (Lipinski definition) is 2. The largest absolute Gasteiger partial charge is 0.455 e. The molecule has 34 heavy (non-hydrogen) atoms. The van der Waals surface area contributed by atoms with Crippen LogP contribution in [-0.2, 0) is 6.18 Å². The summed E-state index contributed by atoms with van der Waals surface area (Å²) in [5, 5.41) is 3.77. The number of imide groups is 1. The summed E-state index contributed by atoms with van der Waals surface area (Å²) in [7, 11) is 0. The van der Waals surface area contributed by atoms with Gasteiger partial charge in [0, 0.05) is 6.07 Å². The first kappa shape index (κ1) is 21.3. The van der Waals surface area contributed by atoms with Crippen molar-refractivity contribution in [3.8, 4) is 17.2 Å². The molecular weight excluding hydrogens is 451 g/mol. The molecule has 0 radical (unpaired) electrons. The number of nitrogens with two attached hydrogens (primary N) is 1. The lowest BCUT2D eigenvalue weighted by atomic mass is 10.1. The first-order valence-electron chi connectivity index (χ1n) is 9.93. The predicted octanol–water partition coefficient (Wildman–Crippen LogP) is 4.27. The van der Waals surface area contributed by atoms with Gasteiger partial charge in [-0.25, -0.2) is 0 Å². The lowest BCUT2D eigenvalue weighted by molar-refractivity contribution is -0.137. The number of alkyl halides is 3. The Kier molecular flexibility index (Phi) is 4.67. The van der Waals surface area contributed by atoms with Crippen molar-refractivity contribution in [2.75, 3.05) is 5.73 Å². The number of pyridine rings is 1. The second kappa shape index (κ2) is 7.48. The fraction of sp³-hybridized carbons (Fsp3) is 0.0417. The Hall–Kier alpha value is -4.60. The molecular formula is C24H14F3N3O4. The Morgan fingerprint density at radius 2 is 1.59 bits per heavy atom. The summed E-state index contributed by atoms with van der Waals surface area (Å²) in [4.78, 5) is 36.9. The average molecular weight is 465 g/mol. The number of nitrogens with zero attached hydrogens (tertiary/aromatic N) is 1. The number of ether oxygens (including phenoxy) is 1. The summed E-state index contributed by atoms with van der Waals surface area (Å²) >= 11 is 0. The smallest absolute Gasteiger partial charge is 0.416 e. The van der Waals surface area contributed by atoms with E-state index in [0.29, 0.717) is 11.8 Å². The maximum atomic E-state index is 13.5. The molecule has 7 nitrogen and oxygen atoms in total. The lowest BCUT2D eigenvalue weighted by Crippen LogP contribution is -2.25. The second-order valence-corrected chi connectivity index (χ2v) is 7.57. The van der Waals surface area contributed by atoms with Gasteiger partial charge in [-0.1, -0.05) is 30.3 Å². The molecule has 1 aromatic heterocycles.